The van der Waals surface area contributed by atoms with E-state index in [9.17, 15) is 13.2 Å². The number of carbonyl (C=O) groups is 1. The minimum atomic E-state index is -3.71. The first kappa shape index (κ1) is 20.8. The van der Waals surface area contributed by atoms with Gasteiger partial charge in [-0.25, -0.2) is 12.7 Å². The van der Waals surface area contributed by atoms with Crippen LogP contribution >= 0.6 is 15.9 Å². The topological polar surface area (TPSA) is 75.7 Å². The first-order valence-corrected chi connectivity index (χ1v) is 11.2. The molecule has 0 aromatic heterocycles. The van der Waals surface area contributed by atoms with Crippen molar-refractivity contribution in [3.8, 4) is 5.75 Å². The maximum absolute atomic E-state index is 13.0. The number of ether oxygens (including phenoxy) is 1. The molecular weight excluding hydrogens is 444 g/mol. The van der Waals surface area contributed by atoms with Crippen molar-refractivity contribution in [2.45, 2.75) is 30.1 Å². The second-order valence-corrected chi connectivity index (χ2v) is 9.96. The molecular formula is C20H23BrN2O4S. The highest BCUT2D eigenvalue weighted by Gasteiger charge is 2.51. The van der Waals surface area contributed by atoms with Gasteiger partial charge in [-0.3, -0.25) is 4.79 Å². The molecule has 0 spiro atoms. The predicted octanol–water partition coefficient (Wildman–Crippen LogP) is 3.77. The van der Waals surface area contributed by atoms with E-state index in [4.69, 9.17) is 4.74 Å². The molecule has 1 aliphatic rings. The summed E-state index contributed by atoms with van der Waals surface area (Å²) in [6.07, 6.45) is 1.52. The molecule has 0 bridgehead atoms. The number of benzene rings is 2. The summed E-state index contributed by atoms with van der Waals surface area (Å²) < 4.78 is 32.8. The fourth-order valence-electron chi connectivity index (χ4n) is 3.07. The Hall–Kier alpha value is -1.90. The van der Waals surface area contributed by atoms with Crippen LogP contribution in [0.2, 0.25) is 0 Å². The maximum atomic E-state index is 13.0. The van der Waals surface area contributed by atoms with E-state index in [2.05, 4.69) is 21.2 Å². The molecule has 1 N–H and O–H groups in total. The lowest BCUT2D eigenvalue weighted by Crippen LogP contribution is -2.28. The van der Waals surface area contributed by atoms with E-state index in [0.717, 1.165) is 27.2 Å². The summed E-state index contributed by atoms with van der Waals surface area (Å²) in [7, 11) is -0.793. The third-order valence-corrected chi connectivity index (χ3v) is 7.15. The number of carbonyl (C=O) groups excluding carboxylic acids is 1. The van der Waals surface area contributed by atoms with Crippen LogP contribution < -0.4 is 10.1 Å². The Labute approximate surface area is 174 Å². The van der Waals surface area contributed by atoms with Gasteiger partial charge in [0, 0.05) is 24.3 Å². The van der Waals surface area contributed by atoms with Crippen molar-refractivity contribution in [3.05, 3.63) is 52.5 Å². The molecule has 1 aliphatic carbocycles. The van der Waals surface area contributed by atoms with Gasteiger partial charge < -0.3 is 10.1 Å². The van der Waals surface area contributed by atoms with E-state index in [1.165, 1.54) is 20.2 Å². The van der Waals surface area contributed by atoms with Gasteiger partial charge in [0.15, 0.2) is 0 Å². The molecule has 2 aromatic carbocycles. The SMILES string of the molecule is CCOc1ccc(NC(=O)C2(c3cccc(Br)c3)CC2)cc1S(=O)(=O)N(C)C. The van der Waals surface area contributed by atoms with Crippen molar-refractivity contribution in [2.24, 2.45) is 0 Å². The normalized spacial score (nSPS) is 15.3. The zero-order valence-corrected chi connectivity index (χ0v) is 18.4. The largest absolute Gasteiger partial charge is 0.492 e. The van der Waals surface area contributed by atoms with Crippen LogP contribution in [0.4, 0.5) is 5.69 Å². The van der Waals surface area contributed by atoms with Crippen LogP contribution in [0.25, 0.3) is 0 Å². The average Bonchev–Trinajstić information content (AvgIpc) is 3.45. The van der Waals surface area contributed by atoms with Crippen molar-refractivity contribution < 1.29 is 17.9 Å². The zero-order valence-electron chi connectivity index (χ0n) is 16.0. The van der Waals surface area contributed by atoms with Crippen LogP contribution in [0.15, 0.2) is 51.8 Å². The van der Waals surface area contributed by atoms with Gasteiger partial charge in [0.2, 0.25) is 15.9 Å². The minimum Gasteiger partial charge on any atom is -0.492 e. The van der Waals surface area contributed by atoms with Crippen molar-refractivity contribution in [1.29, 1.82) is 0 Å². The van der Waals surface area contributed by atoms with Gasteiger partial charge in [0.1, 0.15) is 10.6 Å². The molecule has 0 atom stereocenters. The highest BCUT2D eigenvalue weighted by Crippen LogP contribution is 2.49. The fourth-order valence-corrected chi connectivity index (χ4v) is 4.52. The first-order chi connectivity index (χ1) is 13.2. The summed E-state index contributed by atoms with van der Waals surface area (Å²) in [5.74, 6) is 0.130. The summed E-state index contributed by atoms with van der Waals surface area (Å²) in [4.78, 5) is 13.0. The third kappa shape index (κ3) is 3.94. The third-order valence-electron chi connectivity index (χ3n) is 4.82. The molecule has 8 heteroatoms. The predicted molar refractivity (Wildman–Crippen MR) is 112 cm³/mol. The number of amides is 1. The van der Waals surface area contributed by atoms with Crippen molar-refractivity contribution >= 4 is 37.5 Å². The van der Waals surface area contributed by atoms with Crippen LogP contribution in [0, 0.1) is 0 Å². The Morgan fingerprint density at radius 3 is 2.50 bits per heavy atom. The molecule has 0 radical (unpaired) electrons. The van der Waals surface area contributed by atoms with Crippen LogP contribution in [0.1, 0.15) is 25.3 Å². The van der Waals surface area contributed by atoms with Crippen LogP contribution in [-0.2, 0) is 20.2 Å². The molecule has 6 nitrogen and oxygen atoms in total. The van der Waals surface area contributed by atoms with E-state index in [0.29, 0.717) is 12.3 Å². The standard InChI is InChI=1S/C20H23BrN2O4S/c1-4-27-17-9-8-16(13-18(17)28(25,26)23(2)3)22-19(24)20(10-11-20)14-6-5-7-15(21)12-14/h5-9,12-13H,4,10-11H2,1-3H3,(H,22,24). The van der Waals surface area contributed by atoms with Crippen molar-refractivity contribution in [1.82, 2.24) is 4.31 Å². The molecule has 0 heterocycles. The van der Waals surface area contributed by atoms with Gasteiger partial charge in [0.25, 0.3) is 0 Å². The molecule has 2 aromatic rings. The number of hydrogen-bond donors (Lipinski definition) is 1. The fraction of sp³-hybridized carbons (Fsp3) is 0.350. The minimum absolute atomic E-state index is 0.0319. The summed E-state index contributed by atoms with van der Waals surface area (Å²) in [6.45, 7) is 2.13. The second-order valence-electron chi connectivity index (χ2n) is 6.93. The van der Waals surface area contributed by atoms with Gasteiger partial charge >= 0.3 is 0 Å². The molecule has 1 amide bonds. The lowest BCUT2D eigenvalue weighted by molar-refractivity contribution is -0.118. The number of halogens is 1. The summed E-state index contributed by atoms with van der Waals surface area (Å²) >= 11 is 3.45. The monoisotopic (exact) mass is 466 g/mol. The smallest absolute Gasteiger partial charge is 0.246 e. The van der Waals surface area contributed by atoms with Crippen LogP contribution in [0.3, 0.4) is 0 Å². The molecule has 0 unspecified atom stereocenters. The molecule has 3 rings (SSSR count). The second kappa shape index (κ2) is 7.85. The van der Waals surface area contributed by atoms with Gasteiger partial charge in [-0.2, -0.15) is 0 Å². The van der Waals surface area contributed by atoms with Gasteiger partial charge in [0.05, 0.1) is 12.0 Å². The quantitative estimate of drug-likeness (QED) is 0.673. The molecule has 28 heavy (non-hydrogen) atoms. The number of sulfonamides is 1. The highest BCUT2D eigenvalue weighted by molar-refractivity contribution is 9.10. The van der Waals surface area contributed by atoms with Crippen LogP contribution in [-0.4, -0.2) is 39.3 Å². The van der Waals surface area contributed by atoms with E-state index in [1.807, 2.05) is 24.3 Å². The number of anilines is 1. The summed E-state index contributed by atoms with van der Waals surface area (Å²) in [5, 5.41) is 2.89. The Morgan fingerprint density at radius 1 is 1.21 bits per heavy atom. The summed E-state index contributed by atoms with van der Waals surface area (Å²) in [6, 6.07) is 12.4. The first-order valence-electron chi connectivity index (χ1n) is 8.97. The number of hydrogen-bond acceptors (Lipinski definition) is 4. The number of nitrogens with one attached hydrogen (secondary N) is 1. The van der Waals surface area contributed by atoms with Crippen molar-refractivity contribution in [2.75, 3.05) is 26.0 Å². The number of nitrogens with zero attached hydrogens (tertiary/aromatic N) is 1. The molecule has 1 saturated carbocycles. The van der Waals surface area contributed by atoms with E-state index in [1.54, 1.807) is 19.1 Å². The average molecular weight is 467 g/mol. The number of rotatable bonds is 7. The Morgan fingerprint density at radius 2 is 1.93 bits per heavy atom. The van der Waals surface area contributed by atoms with Gasteiger partial charge in [-0.15, -0.1) is 0 Å². The lowest BCUT2D eigenvalue weighted by atomic mass is 9.95. The Kier molecular flexibility index (Phi) is 5.84. The van der Waals surface area contributed by atoms with E-state index < -0.39 is 15.4 Å². The Bertz CT molecular complexity index is 1000. The van der Waals surface area contributed by atoms with E-state index in [-0.39, 0.29) is 16.6 Å². The molecule has 1 fully saturated rings. The van der Waals surface area contributed by atoms with Crippen molar-refractivity contribution in [3.63, 3.8) is 0 Å². The summed E-state index contributed by atoms with van der Waals surface area (Å²) in [5.41, 5.74) is 0.810. The van der Waals surface area contributed by atoms with Gasteiger partial charge in [-0.05, 0) is 55.7 Å². The Balaban J connectivity index is 1.92. The lowest BCUT2D eigenvalue weighted by Gasteiger charge is -2.19. The molecule has 0 aliphatic heterocycles. The van der Waals surface area contributed by atoms with E-state index >= 15 is 0 Å². The van der Waals surface area contributed by atoms with Crippen LogP contribution in [0.5, 0.6) is 5.75 Å². The maximum Gasteiger partial charge on any atom is 0.246 e. The van der Waals surface area contributed by atoms with Gasteiger partial charge in [-0.1, -0.05) is 28.1 Å². The molecule has 0 saturated heterocycles. The zero-order chi connectivity index (χ0) is 20.5. The highest BCUT2D eigenvalue weighted by atomic mass is 79.9. The molecule has 150 valence electrons.